The van der Waals surface area contributed by atoms with Crippen LogP contribution in [0.15, 0.2) is 85.1 Å². The van der Waals surface area contributed by atoms with Crippen LogP contribution in [0.3, 0.4) is 0 Å². The topological polar surface area (TPSA) is 42.0 Å². The molecule has 4 rings (SSSR count). The predicted octanol–water partition coefficient (Wildman–Crippen LogP) is 9.03. The summed E-state index contributed by atoms with van der Waals surface area (Å²) >= 11 is 0. The first kappa shape index (κ1) is 35.0. The number of carbonyl (C=O) groups is 1. The molecular formula is C31H23F11N2O. The Kier molecular flexibility index (Phi) is 10.3. The maximum Gasteiger partial charge on any atom is 0.419 e. The summed E-state index contributed by atoms with van der Waals surface area (Å²) in [4.78, 5) is 16.1. The highest BCUT2D eigenvalue weighted by molar-refractivity contribution is 5.75. The van der Waals surface area contributed by atoms with Crippen LogP contribution in [0.1, 0.15) is 46.0 Å². The number of aryl methyl sites for hydroxylation is 1. The third-order valence-electron chi connectivity index (χ3n) is 6.37. The molecule has 0 saturated heterocycles. The van der Waals surface area contributed by atoms with Crippen LogP contribution in [-0.4, -0.2) is 10.9 Å². The van der Waals surface area contributed by atoms with Crippen LogP contribution >= 0.6 is 0 Å². The molecule has 0 fully saturated rings. The molecule has 1 N–H and O–H groups in total. The zero-order valence-corrected chi connectivity index (χ0v) is 23.3. The van der Waals surface area contributed by atoms with Crippen molar-refractivity contribution in [2.24, 2.45) is 0 Å². The third-order valence-corrected chi connectivity index (χ3v) is 6.37. The molecule has 1 unspecified atom stereocenters. The summed E-state index contributed by atoms with van der Waals surface area (Å²) < 4.78 is 143. The van der Waals surface area contributed by atoms with Gasteiger partial charge in [0.15, 0.2) is 0 Å². The summed E-state index contributed by atoms with van der Waals surface area (Å²) in [5, 5.41) is 2.46. The number of rotatable bonds is 5. The van der Waals surface area contributed by atoms with Gasteiger partial charge in [-0.15, -0.1) is 0 Å². The minimum absolute atomic E-state index is 0.268. The average molecular weight is 649 g/mol. The number of nitrogens with one attached hydrogen (secondary N) is 1. The van der Waals surface area contributed by atoms with E-state index in [0.29, 0.717) is 29.3 Å². The standard InChI is InChI=1S/C23H17F7N2O.C8H6F4/c1-14(33)32-21(13-15-5-3-2-4-6-15,20-12-16(7-8-31-20)22(25,26)27)17-9-18(23(28,29)30)11-19(24)10-17;1-5-2-3-6(7(9)4-5)8(10,11)12/h2-12H,13H2,1H3,(H,32,33);2-4H,1H3. The van der Waals surface area contributed by atoms with Gasteiger partial charge in [-0.25, -0.2) is 8.78 Å². The first-order valence-corrected chi connectivity index (χ1v) is 12.8. The van der Waals surface area contributed by atoms with E-state index in [2.05, 4.69) is 10.3 Å². The lowest BCUT2D eigenvalue weighted by molar-refractivity contribution is -0.140. The summed E-state index contributed by atoms with van der Waals surface area (Å²) in [6.07, 6.45) is -13.8. The van der Waals surface area contributed by atoms with Crippen molar-refractivity contribution in [2.45, 2.75) is 44.3 Å². The number of benzene rings is 3. The monoisotopic (exact) mass is 648 g/mol. The fraction of sp³-hybridized carbons (Fsp3) is 0.226. The fourth-order valence-electron chi connectivity index (χ4n) is 4.41. The Labute approximate surface area is 249 Å². The minimum atomic E-state index is -4.94. The molecule has 14 heteroatoms. The van der Waals surface area contributed by atoms with Gasteiger partial charge in [0.1, 0.15) is 17.2 Å². The Morgan fingerprint density at radius 1 is 0.711 bits per heavy atom. The number of alkyl halides is 9. The molecule has 45 heavy (non-hydrogen) atoms. The second-order valence-electron chi connectivity index (χ2n) is 9.88. The molecule has 0 aliphatic carbocycles. The van der Waals surface area contributed by atoms with E-state index in [9.17, 15) is 53.1 Å². The van der Waals surface area contributed by atoms with Gasteiger partial charge < -0.3 is 5.32 Å². The first-order valence-electron chi connectivity index (χ1n) is 12.8. The van der Waals surface area contributed by atoms with E-state index in [4.69, 9.17) is 0 Å². The SMILES string of the molecule is CC(=O)NC(Cc1ccccc1)(c1cc(F)cc(C(F)(F)F)c1)c1cc(C(F)(F)F)ccn1.Cc1ccc(C(F)(F)F)c(F)c1. The second-order valence-corrected chi connectivity index (χ2v) is 9.88. The van der Waals surface area contributed by atoms with Crippen LogP contribution in [0, 0.1) is 18.6 Å². The molecule has 0 spiro atoms. The quantitative estimate of drug-likeness (QED) is 0.220. The van der Waals surface area contributed by atoms with Gasteiger partial charge in [-0.3, -0.25) is 9.78 Å². The van der Waals surface area contributed by atoms with Gasteiger partial charge in [0, 0.05) is 19.5 Å². The molecule has 0 bridgehead atoms. The van der Waals surface area contributed by atoms with Gasteiger partial charge in [0.25, 0.3) is 0 Å². The van der Waals surface area contributed by atoms with E-state index in [0.717, 1.165) is 31.3 Å². The number of hydrogen-bond acceptors (Lipinski definition) is 2. The zero-order chi connectivity index (χ0) is 33.8. The molecule has 0 radical (unpaired) electrons. The molecule has 240 valence electrons. The zero-order valence-electron chi connectivity index (χ0n) is 23.3. The lowest BCUT2D eigenvalue weighted by Gasteiger charge is -2.36. The third kappa shape index (κ3) is 9.02. The molecule has 3 nitrogen and oxygen atoms in total. The van der Waals surface area contributed by atoms with Gasteiger partial charge in [0.2, 0.25) is 5.91 Å². The lowest BCUT2D eigenvalue weighted by atomic mass is 9.79. The summed E-state index contributed by atoms with van der Waals surface area (Å²) in [6, 6.07) is 13.8. The van der Waals surface area contributed by atoms with Crippen molar-refractivity contribution in [3.63, 3.8) is 0 Å². The molecule has 1 heterocycles. The van der Waals surface area contributed by atoms with Gasteiger partial charge in [-0.05, 0) is 66.1 Å². The van der Waals surface area contributed by atoms with E-state index in [1.165, 1.54) is 13.0 Å². The Hall–Kier alpha value is -4.49. The van der Waals surface area contributed by atoms with Crippen LogP contribution in [0.5, 0.6) is 0 Å². The summed E-state index contributed by atoms with van der Waals surface area (Å²) in [7, 11) is 0. The molecular weight excluding hydrogens is 625 g/mol. The first-order chi connectivity index (χ1) is 20.7. The number of carbonyl (C=O) groups excluding carboxylic acids is 1. The van der Waals surface area contributed by atoms with E-state index < -0.39 is 69.6 Å². The molecule has 0 saturated carbocycles. The maximum absolute atomic E-state index is 14.3. The van der Waals surface area contributed by atoms with Gasteiger partial charge >= 0.3 is 18.5 Å². The fourth-order valence-corrected chi connectivity index (χ4v) is 4.41. The molecule has 1 aromatic heterocycles. The number of nitrogens with zero attached hydrogens (tertiary/aromatic N) is 1. The van der Waals surface area contributed by atoms with E-state index in [-0.39, 0.29) is 12.5 Å². The Balaban J connectivity index is 0.000000385. The molecule has 3 aromatic carbocycles. The highest BCUT2D eigenvalue weighted by Gasteiger charge is 2.42. The number of pyridine rings is 1. The van der Waals surface area contributed by atoms with Gasteiger partial charge in [-0.1, -0.05) is 36.4 Å². The smallest absolute Gasteiger partial charge is 0.341 e. The Morgan fingerprint density at radius 2 is 1.31 bits per heavy atom. The molecule has 4 aromatic rings. The maximum atomic E-state index is 14.3. The summed E-state index contributed by atoms with van der Waals surface area (Å²) in [5.74, 6) is -3.25. The Bertz CT molecular complexity index is 1630. The number of aromatic nitrogens is 1. The predicted molar refractivity (Wildman–Crippen MR) is 142 cm³/mol. The lowest BCUT2D eigenvalue weighted by Crippen LogP contribution is -2.48. The van der Waals surface area contributed by atoms with E-state index >= 15 is 0 Å². The van der Waals surface area contributed by atoms with Crippen molar-refractivity contribution in [1.82, 2.24) is 10.3 Å². The van der Waals surface area contributed by atoms with Gasteiger partial charge in [-0.2, -0.15) is 39.5 Å². The van der Waals surface area contributed by atoms with E-state index in [1.54, 1.807) is 30.3 Å². The summed E-state index contributed by atoms with van der Waals surface area (Å²) in [6.45, 7) is 2.58. The second kappa shape index (κ2) is 13.2. The normalized spacial score (nSPS) is 13.4. The molecule has 0 aliphatic heterocycles. The molecule has 1 amide bonds. The van der Waals surface area contributed by atoms with Crippen LogP contribution in [0.25, 0.3) is 0 Å². The highest BCUT2D eigenvalue weighted by Crippen LogP contribution is 2.39. The Morgan fingerprint density at radius 3 is 1.84 bits per heavy atom. The van der Waals surface area contributed by atoms with Crippen molar-refractivity contribution in [3.05, 3.63) is 136 Å². The summed E-state index contributed by atoms with van der Waals surface area (Å²) in [5.41, 5.74) is -5.58. The van der Waals surface area contributed by atoms with Crippen LogP contribution in [0.2, 0.25) is 0 Å². The molecule has 1 atom stereocenters. The number of halogens is 11. The van der Waals surface area contributed by atoms with Crippen molar-refractivity contribution < 1.29 is 53.1 Å². The van der Waals surface area contributed by atoms with Crippen LogP contribution in [0.4, 0.5) is 48.3 Å². The minimum Gasteiger partial charge on any atom is -0.341 e. The van der Waals surface area contributed by atoms with Crippen molar-refractivity contribution in [2.75, 3.05) is 0 Å². The van der Waals surface area contributed by atoms with Crippen molar-refractivity contribution >= 4 is 5.91 Å². The number of hydrogen-bond donors (Lipinski definition) is 1. The van der Waals surface area contributed by atoms with Crippen molar-refractivity contribution in [3.8, 4) is 0 Å². The molecule has 0 aliphatic rings. The van der Waals surface area contributed by atoms with Crippen molar-refractivity contribution in [1.29, 1.82) is 0 Å². The van der Waals surface area contributed by atoms with E-state index in [1.807, 2.05) is 0 Å². The van der Waals surface area contributed by atoms with Gasteiger partial charge in [0.05, 0.1) is 22.4 Å². The highest BCUT2D eigenvalue weighted by atomic mass is 19.4. The number of amides is 1. The van der Waals surface area contributed by atoms with Crippen LogP contribution in [-0.2, 0) is 35.3 Å². The van der Waals surface area contributed by atoms with Crippen LogP contribution < -0.4 is 5.32 Å². The average Bonchev–Trinajstić information content (AvgIpc) is 2.91. The largest absolute Gasteiger partial charge is 0.419 e.